The molecule has 0 saturated carbocycles. The Morgan fingerprint density at radius 2 is 1.76 bits per heavy atom. The Bertz CT molecular complexity index is 728. The van der Waals surface area contributed by atoms with Gasteiger partial charge < -0.3 is 16.0 Å². The Labute approximate surface area is 128 Å². The topological polar surface area (TPSA) is 53.2 Å². The smallest absolute Gasteiger partial charge is 0.162 e. The molecule has 0 amide bonds. The number of carbonyl (C=O) groups excluding carboxylic acids is 1. The molecule has 0 bridgehead atoms. The van der Waals surface area contributed by atoms with Crippen molar-refractivity contribution in [3.8, 4) is 0 Å². The number of hydrogen-bond donors (Lipinski definition) is 3. The number of anilines is 4. The minimum atomic E-state index is 0.0618. The molecule has 2 aromatic rings. The van der Waals surface area contributed by atoms with Gasteiger partial charge in [-0.2, -0.15) is 0 Å². The highest BCUT2D eigenvalue weighted by molar-refractivity contribution is 7.99. The molecule has 0 aromatic heterocycles. The minimum absolute atomic E-state index is 0.0618. The molecule has 0 unspecified atom stereocenters. The van der Waals surface area contributed by atoms with Crippen molar-refractivity contribution in [2.45, 2.75) is 16.7 Å². The Hall–Kier alpha value is -2.14. The van der Waals surface area contributed by atoms with Crippen molar-refractivity contribution in [2.24, 2.45) is 0 Å². The van der Waals surface area contributed by atoms with E-state index >= 15 is 0 Å². The number of ketones is 1. The quantitative estimate of drug-likeness (QED) is 0.633. The van der Waals surface area contributed by atoms with E-state index in [4.69, 9.17) is 0 Å². The van der Waals surface area contributed by atoms with Gasteiger partial charge >= 0.3 is 0 Å². The number of benzene rings is 2. The van der Waals surface area contributed by atoms with Crippen LogP contribution in [-0.2, 0) is 0 Å². The lowest BCUT2D eigenvalue weighted by atomic mass is 10.1. The van der Waals surface area contributed by atoms with E-state index in [2.05, 4.69) is 28.1 Å². The summed E-state index contributed by atoms with van der Waals surface area (Å²) in [6.07, 6.45) is 0. The van der Waals surface area contributed by atoms with Gasteiger partial charge in [0.15, 0.2) is 5.78 Å². The van der Waals surface area contributed by atoms with E-state index in [1.54, 1.807) is 18.7 Å². The molecule has 1 heterocycles. The molecule has 0 spiro atoms. The maximum atomic E-state index is 11.9. The maximum Gasteiger partial charge on any atom is 0.162 e. The van der Waals surface area contributed by atoms with Crippen LogP contribution in [0.25, 0.3) is 0 Å². The third kappa shape index (κ3) is 2.45. The second kappa shape index (κ2) is 5.33. The predicted molar refractivity (Wildman–Crippen MR) is 89.4 cm³/mol. The summed E-state index contributed by atoms with van der Waals surface area (Å²) in [5.41, 5.74) is 4.67. The molecule has 21 heavy (non-hydrogen) atoms. The highest BCUT2D eigenvalue weighted by atomic mass is 32.2. The highest BCUT2D eigenvalue weighted by Gasteiger charge is 2.21. The fraction of sp³-hybridized carbons (Fsp3) is 0.188. The van der Waals surface area contributed by atoms with Crippen molar-refractivity contribution >= 4 is 40.3 Å². The molecule has 1 aliphatic rings. The highest BCUT2D eigenvalue weighted by Crippen LogP contribution is 2.47. The van der Waals surface area contributed by atoms with Gasteiger partial charge in [-0.1, -0.05) is 11.8 Å². The first-order valence-corrected chi connectivity index (χ1v) is 7.57. The Kier molecular flexibility index (Phi) is 3.51. The van der Waals surface area contributed by atoms with Gasteiger partial charge in [0.1, 0.15) is 0 Å². The van der Waals surface area contributed by atoms with Crippen LogP contribution < -0.4 is 16.0 Å². The number of carbonyl (C=O) groups is 1. The van der Waals surface area contributed by atoms with E-state index in [0.29, 0.717) is 5.56 Å². The lowest BCUT2D eigenvalue weighted by molar-refractivity contribution is 0.101. The Morgan fingerprint density at radius 1 is 1.05 bits per heavy atom. The molecule has 1 aliphatic heterocycles. The van der Waals surface area contributed by atoms with Gasteiger partial charge in [0, 0.05) is 40.8 Å². The molecule has 0 radical (unpaired) electrons. The average molecular weight is 299 g/mol. The number of fused-ring (bicyclic) bond motifs is 2. The molecular weight excluding hydrogens is 282 g/mol. The molecule has 3 rings (SSSR count). The third-order valence-corrected chi connectivity index (χ3v) is 4.62. The summed E-state index contributed by atoms with van der Waals surface area (Å²) in [4.78, 5) is 14.1. The van der Waals surface area contributed by atoms with Gasteiger partial charge in [0.25, 0.3) is 0 Å². The summed E-state index contributed by atoms with van der Waals surface area (Å²) < 4.78 is 0. The van der Waals surface area contributed by atoms with Crippen molar-refractivity contribution < 1.29 is 4.79 Å². The van der Waals surface area contributed by atoms with Crippen LogP contribution in [0.3, 0.4) is 0 Å². The van der Waals surface area contributed by atoms with Gasteiger partial charge in [-0.3, -0.25) is 4.79 Å². The Balaban J connectivity index is 2.11. The molecular formula is C16H17N3OS. The molecule has 5 heteroatoms. The summed E-state index contributed by atoms with van der Waals surface area (Å²) in [6.45, 7) is 1.60. The van der Waals surface area contributed by atoms with Crippen molar-refractivity contribution in [3.05, 3.63) is 35.9 Å². The SMILES string of the molecule is CNc1ccc2c(c1)Sc1cc(NC)cc(C(C)=O)c1N2. The van der Waals surface area contributed by atoms with Crippen LogP contribution in [0.2, 0.25) is 0 Å². The summed E-state index contributed by atoms with van der Waals surface area (Å²) in [7, 11) is 3.77. The monoisotopic (exact) mass is 299 g/mol. The third-order valence-electron chi connectivity index (χ3n) is 3.52. The van der Waals surface area contributed by atoms with Crippen LogP contribution in [0.4, 0.5) is 22.7 Å². The summed E-state index contributed by atoms with van der Waals surface area (Å²) >= 11 is 1.68. The first-order chi connectivity index (χ1) is 10.1. The molecule has 2 aromatic carbocycles. The van der Waals surface area contributed by atoms with Crippen LogP contribution in [0.1, 0.15) is 17.3 Å². The van der Waals surface area contributed by atoms with Crippen molar-refractivity contribution in [3.63, 3.8) is 0 Å². The molecule has 0 saturated heterocycles. The number of hydrogen-bond acceptors (Lipinski definition) is 5. The van der Waals surface area contributed by atoms with Gasteiger partial charge in [-0.25, -0.2) is 0 Å². The van der Waals surface area contributed by atoms with Crippen LogP contribution in [0, 0.1) is 0 Å². The second-order valence-corrected chi connectivity index (χ2v) is 5.97. The first-order valence-electron chi connectivity index (χ1n) is 6.76. The van der Waals surface area contributed by atoms with Gasteiger partial charge in [0.05, 0.1) is 11.4 Å². The van der Waals surface area contributed by atoms with E-state index in [-0.39, 0.29) is 5.78 Å². The molecule has 3 N–H and O–H groups in total. The molecule has 4 nitrogen and oxygen atoms in total. The fourth-order valence-corrected chi connectivity index (χ4v) is 3.47. The number of nitrogens with one attached hydrogen (secondary N) is 3. The molecule has 0 fully saturated rings. The fourth-order valence-electron chi connectivity index (χ4n) is 2.37. The van der Waals surface area contributed by atoms with E-state index in [1.165, 1.54) is 0 Å². The second-order valence-electron chi connectivity index (χ2n) is 4.89. The standard InChI is InChI=1S/C16H17N3OS/c1-9(20)12-6-11(18-3)8-15-16(12)19-13-5-4-10(17-2)7-14(13)21-15/h4-8,17-19H,1-3H3. The normalized spacial score (nSPS) is 12.0. The maximum absolute atomic E-state index is 11.9. The van der Waals surface area contributed by atoms with E-state index < -0.39 is 0 Å². The minimum Gasteiger partial charge on any atom is -0.388 e. The zero-order chi connectivity index (χ0) is 15.0. The zero-order valence-corrected chi connectivity index (χ0v) is 13.0. The van der Waals surface area contributed by atoms with Gasteiger partial charge in [0.2, 0.25) is 0 Å². The predicted octanol–water partition coefficient (Wildman–Crippen LogP) is 4.18. The summed E-state index contributed by atoms with van der Waals surface area (Å²) in [5.74, 6) is 0.0618. The van der Waals surface area contributed by atoms with Crippen molar-refractivity contribution in [1.29, 1.82) is 0 Å². The number of Topliss-reactive ketones (excluding diaryl/α,β-unsaturated/α-hetero) is 1. The zero-order valence-electron chi connectivity index (χ0n) is 12.2. The lowest BCUT2D eigenvalue weighted by Gasteiger charge is -2.24. The van der Waals surface area contributed by atoms with Crippen molar-refractivity contribution in [2.75, 3.05) is 30.0 Å². The summed E-state index contributed by atoms with van der Waals surface area (Å²) in [5, 5.41) is 9.65. The van der Waals surface area contributed by atoms with E-state index in [9.17, 15) is 4.79 Å². The van der Waals surface area contributed by atoms with Gasteiger partial charge in [-0.05, 0) is 37.3 Å². The van der Waals surface area contributed by atoms with Crippen molar-refractivity contribution in [1.82, 2.24) is 0 Å². The molecule has 0 atom stereocenters. The molecule has 0 aliphatic carbocycles. The van der Waals surface area contributed by atoms with Crippen LogP contribution >= 0.6 is 11.8 Å². The van der Waals surface area contributed by atoms with E-state index in [0.717, 1.165) is 32.5 Å². The van der Waals surface area contributed by atoms with Crippen LogP contribution in [0.5, 0.6) is 0 Å². The first kappa shape index (κ1) is 13.8. The average Bonchev–Trinajstić information content (AvgIpc) is 2.50. The van der Waals surface area contributed by atoms with Crippen LogP contribution in [-0.4, -0.2) is 19.9 Å². The summed E-state index contributed by atoms with van der Waals surface area (Å²) in [6, 6.07) is 10.1. The number of rotatable bonds is 3. The van der Waals surface area contributed by atoms with E-state index in [1.807, 2.05) is 32.3 Å². The van der Waals surface area contributed by atoms with Crippen LogP contribution in [0.15, 0.2) is 40.1 Å². The van der Waals surface area contributed by atoms with Gasteiger partial charge in [-0.15, -0.1) is 0 Å². The lowest BCUT2D eigenvalue weighted by Crippen LogP contribution is -2.07. The molecule has 108 valence electrons. The largest absolute Gasteiger partial charge is 0.388 e. The Morgan fingerprint density at radius 3 is 2.43 bits per heavy atom.